The van der Waals surface area contributed by atoms with E-state index in [1.807, 2.05) is 54.6 Å². The van der Waals surface area contributed by atoms with Crippen molar-refractivity contribution in [2.45, 2.75) is 44.2 Å². The van der Waals surface area contributed by atoms with E-state index in [4.69, 9.17) is 21.9 Å². The maximum atomic E-state index is 13.9. The number of aromatic nitrogens is 3. The van der Waals surface area contributed by atoms with Crippen LogP contribution in [0.1, 0.15) is 51.3 Å². The summed E-state index contributed by atoms with van der Waals surface area (Å²) in [5.41, 5.74) is 18.5. The first kappa shape index (κ1) is 34.8. The molecule has 7 rings (SSSR count). The molecule has 0 radical (unpaired) electrons. The molecule has 1 fully saturated rings. The summed E-state index contributed by atoms with van der Waals surface area (Å²) in [5, 5.41) is 7.78. The minimum absolute atomic E-state index is 0.0628. The zero-order valence-electron chi connectivity index (χ0n) is 29.5. The summed E-state index contributed by atoms with van der Waals surface area (Å²) in [5.74, 6) is 1.47. The highest BCUT2D eigenvalue weighted by Gasteiger charge is 2.37. The molecule has 1 aliphatic heterocycles. The molecule has 1 aliphatic rings. The van der Waals surface area contributed by atoms with E-state index in [0.717, 1.165) is 74.3 Å². The Hall–Kier alpha value is -5.64. The summed E-state index contributed by atoms with van der Waals surface area (Å²) in [6, 6.07) is 41.0. The Morgan fingerprint density at radius 3 is 2.17 bits per heavy atom. The third-order valence-corrected chi connectivity index (χ3v) is 10.4. The second kappa shape index (κ2) is 15.7. The number of aryl methyl sites for hydroxylation is 2. The van der Waals surface area contributed by atoms with Crippen molar-refractivity contribution in [1.29, 1.82) is 5.41 Å². The summed E-state index contributed by atoms with van der Waals surface area (Å²) in [4.78, 5) is 27.8. The number of piperidine rings is 1. The summed E-state index contributed by atoms with van der Waals surface area (Å²) in [6.07, 6.45) is 5.22. The highest BCUT2D eigenvalue weighted by Crippen LogP contribution is 2.39. The predicted molar refractivity (Wildman–Crippen MR) is 209 cm³/mol. The van der Waals surface area contributed by atoms with Gasteiger partial charge in [-0.25, -0.2) is 9.97 Å². The van der Waals surface area contributed by atoms with Gasteiger partial charge in [-0.3, -0.25) is 20.0 Å². The molecule has 9 nitrogen and oxygen atoms in total. The maximum Gasteiger partial charge on any atom is 0.259 e. The van der Waals surface area contributed by atoms with E-state index >= 15 is 0 Å². The van der Waals surface area contributed by atoms with E-state index in [0.29, 0.717) is 30.0 Å². The highest BCUT2D eigenvalue weighted by atomic mass is 16.2. The standard InChI is InChI=1S/C43H46N8O/c44-24-28-50(39-13-7-8-25-47-39)42(52)35-19-20-38-37(29-35)48-40(21-16-32-14-17-34(18-15-32)41(45)46)51(38)31-43(36-11-5-2-6-12-36)22-26-49(27-23-43)30-33-9-3-1-4-10-33/h1-15,17-20,25,29H,16,21-24,26-28,30-31,44H2,(H3,45,46). The highest BCUT2D eigenvalue weighted by molar-refractivity contribution is 6.07. The minimum Gasteiger partial charge on any atom is -0.384 e. The number of amides is 1. The summed E-state index contributed by atoms with van der Waals surface area (Å²) in [7, 11) is 0. The number of benzene rings is 4. The van der Waals surface area contributed by atoms with E-state index in [-0.39, 0.29) is 17.2 Å². The Labute approximate surface area is 305 Å². The number of hydrogen-bond donors (Lipinski definition) is 3. The molecule has 0 saturated carbocycles. The van der Waals surface area contributed by atoms with Gasteiger partial charge in [0.2, 0.25) is 0 Å². The van der Waals surface area contributed by atoms with Gasteiger partial charge in [0.05, 0.1) is 11.0 Å². The third kappa shape index (κ3) is 7.66. The van der Waals surface area contributed by atoms with E-state index in [1.165, 1.54) is 11.1 Å². The number of imidazole rings is 1. The van der Waals surface area contributed by atoms with Crippen molar-refractivity contribution in [3.63, 3.8) is 0 Å². The number of likely N-dealkylation sites (tertiary alicyclic amines) is 1. The fourth-order valence-corrected chi connectivity index (χ4v) is 7.52. The number of amidine groups is 1. The van der Waals surface area contributed by atoms with Crippen LogP contribution < -0.4 is 16.4 Å². The number of nitrogens with one attached hydrogen (secondary N) is 1. The normalized spacial score (nSPS) is 14.3. The summed E-state index contributed by atoms with van der Waals surface area (Å²) < 4.78 is 2.41. The number of nitrogen functional groups attached to an aromatic ring is 1. The molecule has 6 aromatic rings. The van der Waals surface area contributed by atoms with E-state index in [1.54, 1.807) is 11.1 Å². The molecule has 5 N–H and O–H groups in total. The van der Waals surface area contributed by atoms with Crippen molar-refractivity contribution in [2.24, 2.45) is 11.5 Å². The molecular formula is C43H46N8O. The van der Waals surface area contributed by atoms with Crippen molar-refractivity contribution in [2.75, 3.05) is 31.1 Å². The van der Waals surface area contributed by atoms with Crippen molar-refractivity contribution < 1.29 is 4.79 Å². The smallest absolute Gasteiger partial charge is 0.259 e. The first-order valence-corrected chi connectivity index (χ1v) is 18.1. The molecule has 0 bridgehead atoms. The number of carbonyl (C=O) groups excluding carboxylic acids is 1. The fraction of sp³-hybridized carbons (Fsp3) is 0.256. The lowest BCUT2D eigenvalue weighted by Gasteiger charge is -2.43. The van der Waals surface area contributed by atoms with Crippen LogP contribution >= 0.6 is 0 Å². The molecule has 0 aliphatic carbocycles. The molecular weight excluding hydrogens is 645 g/mol. The first-order chi connectivity index (χ1) is 25.4. The van der Waals surface area contributed by atoms with Gasteiger partial charge in [0, 0.05) is 55.3 Å². The summed E-state index contributed by atoms with van der Waals surface area (Å²) >= 11 is 0. The summed E-state index contributed by atoms with van der Waals surface area (Å²) in [6.45, 7) is 4.41. The van der Waals surface area contributed by atoms with Gasteiger partial charge in [0.15, 0.2) is 0 Å². The zero-order chi connectivity index (χ0) is 35.9. The lowest BCUT2D eigenvalue weighted by molar-refractivity contribution is 0.0987. The maximum absolute atomic E-state index is 13.9. The fourth-order valence-electron chi connectivity index (χ4n) is 7.52. The number of hydrogen-bond acceptors (Lipinski definition) is 6. The van der Waals surface area contributed by atoms with Crippen LogP contribution in [0.15, 0.2) is 128 Å². The second-order valence-corrected chi connectivity index (χ2v) is 13.8. The molecule has 1 saturated heterocycles. The monoisotopic (exact) mass is 690 g/mol. The number of anilines is 1. The van der Waals surface area contributed by atoms with Gasteiger partial charge in [-0.1, -0.05) is 91.0 Å². The van der Waals surface area contributed by atoms with Crippen LogP contribution in [0.5, 0.6) is 0 Å². The van der Waals surface area contributed by atoms with Gasteiger partial charge in [0.1, 0.15) is 17.5 Å². The molecule has 0 atom stereocenters. The van der Waals surface area contributed by atoms with Crippen LogP contribution in [-0.2, 0) is 31.3 Å². The molecule has 0 unspecified atom stereocenters. The number of pyridine rings is 1. The minimum atomic E-state index is -0.153. The lowest BCUT2D eigenvalue weighted by Crippen LogP contribution is -2.44. The van der Waals surface area contributed by atoms with Gasteiger partial charge in [-0.2, -0.15) is 0 Å². The number of rotatable bonds is 13. The van der Waals surface area contributed by atoms with Crippen LogP contribution in [-0.4, -0.2) is 57.4 Å². The molecule has 3 heterocycles. The van der Waals surface area contributed by atoms with Crippen LogP contribution in [0.25, 0.3) is 11.0 Å². The Kier molecular flexibility index (Phi) is 10.5. The SMILES string of the molecule is N=C(N)c1ccc(CCc2nc3cc(C(=O)N(CCN)c4ccccn4)ccc3n2CC2(c3ccccc3)CCN(Cc3ccccc3)CC2)cc1. The zero-order valence-corrected chi connectivity index (χ0v) is 29.5. The average molecular weight is 691 g/mol. The Bertz CT molecular complexity index is 2110. The molecule has 52 heavy (non-hydrogen) atoms. The second-order valence-electron chi connectivity index (χ2n) is 13.8. The average Bonchev–Trinajstić information content (AvgIpc) is 3.53. The number of carbonyl (C=O) groups is 1. The first-order valence-electron chi connectivity index (χ1n) is 18.1. The van der Waals surface area contributed by atoms with Crippen molar-refractivity contribution >= 4 is 28.6 Å². The lowest BCUT2D eigenvalue weighted by atomic mass is 9.72. The van der Waals surface area contributed by atoms with E-state index in [2.05, 4.69) is 81.2 Å². The Balaban J connectivity index is 1.24. The van der Waals surface area contributed by atoms with Gasteiger partial charge >= 0.3 is 0 Å². The molecule has 1 amide bonds. The largest absolute Gasteiger partial charge is 0.384 e. The molecule has 4 aromatic carbocycles. The van der Waals surface area contributed by atoms with Crippen molar-refractivity contribution in [3.8, 4) is 0 Å². The van der Waals surface area contributed by atoms with Crippen LogP contribution in [0.2, 0.25) is 0 Å². The van der Waals surface area contributed by atoms with Crippen LogP contribution in [0.3, 0.4) is 0 Å². The Morgan fingerprint density at radius 1 is 0.808 bits per heavy atom. The topological polar surface area (TPSA) is 130 Å². The third-order valence-electron chi connectivity index (χ3n) is 10.4. The van der Waals surface area contributed by atoms with Gasteiger partial charge in [-0.15, -0.1) is 0 Å². The molecule has 0 spiro atoms. The van der Waals surface area contributed by atoms with Gasteiger partial charge in [-0.05, 0) is 79.4 Å². The number of nitrogens with zero attached hydrogens (tertiary/aromatic N) is 5. The quantitative estimate of drug-likeness (QED) is 0.0958. The predicted octanol–water partition coefficient (Wildman–Crippen LogP) is 6.34. The number of nitrogens with two attached hydrogens (primary N) is 2. The number of fused-ring (bicyclic) bond motifs is 1. The van der Waals surface area contributed by atoms with Gasteiger partial charge in [0.25, 0.3) is 5.91 Å². The van der Waals surface area contributed by atoms with Crippen LogP contribution in [0, 0.1) is 5.41 Å². The Morgan fingerprint density at radius 2 is 1.50 bits per heavy atom. The van der Waals surface area contributed by atoms with Crippen molar-refractivity contribution in [3.05, 3.63) is 161 Å². The van der Waals surface area contributed by atoms with Crippen molar-refractivity contribution in [1.82, 2.24) is 19.4 Å². The van der Waals surface area contributed by atoms with E-state index < -0.39 is 0 Å². The van der Waals surface area contributed by atoms with E-state index in [9.17, 15) is 4.79 Å². The molecule has 2 aromatic heterocycles. The molecule has 264 valence electrons. The molecule has 9 heteroatoms. The van der Waals surface area contributed by atoms with Gasteiger partial charge < -0.3 is 16.0 Å². The van der Waals surface area contributed by atoms with Crippen LogP contribution in [0.4, 0.5) is 5.82 Å².